The lowest BCUT2D eigenvalue weighted by Gasteiger charge is -2.52. The summed E-state index contributed by atoms with van der Waals surface area (Å²) in [5.41, 5.74) is 0.164. The molecule has 0 bridgehead atoms. The Balaban J connectivity index is 2.44. The number of aliphatic hydroxyl groups excluding tert-OH is 1. The molecule has 0 unspecified atom stereocenters. The van der Waals surface area contributed by atoms with Crippen molar-refractivity contribution in [2.75, 3.05) is 0 Å². The molecule has 1 fully saturated rings. The highest BCUT2D eigenvalue weighted by atomic mass is 35.6. The molecule has 0 aromatic rings. The maximum Gasteiger partial charge on any atom is 0.234 e. The van der Waals surface area contributed by atoms with Crippen molar-refractivity contribution < 1.29 is 9.90 Å². The predicted octanol–water partition coefficient (Wildman–Crippen LogP) is 3.25. The summed E-state index contributed by atoms with van der Waals surface area (Å²) in [6, 6.07) is 0. The zero-order chi connectivity index (χ0) is 14.1. The average molecular weight is 317 g/mol. The minimum atomic E-state index is -1.89. The Morgan fingerprint density at radius 3 is 2.39 bits per heavy atom. The first-order chi connectivity index (χ1) is 8.09. The molecule has 1 amide bonds. The van der Waals surface area contributed by atoms with Crippen LogP contribution in [0.1, 0.15) is 40.0 Å². The summed E-state index contributed by atoms with van der Waals surface area (Å²) in [5.74, 6) is 0.708. The molecule has 1 rings (SSSR count). The van der Waals surface area contributed by atoms with Gasteiger partial charge in [0.1, 0.15) is 0 Å². The van der Waals surface area contributed by atoms with Crippen LogP contribution in [0.5, 0.6) is 0 Å². The third kappa shape index (κ3) is 3.66. The molecule has 106 valence electrons. The molecule has 0 aromatic carbocycles. The van der Waals surface area contributed by atoms with Crippen LogP contribution in [0, 0.1) is 17.3 Å². The van der Waals surface area contributed by atoms with Gasteiger partial charge in [0.25, 0.3) is 0 Å². The maximum atomic E-state index is 11.7. The van der Waals surface area contributed by atoms with E-state index < -0.39 is 10.0 Å². The molecule has 3 atom stereocenters. The normalized spacial score (nSPS) is 28.4. The van der Waals surface area contributed by atoms with E-state index in [0.717, 1.165) is 12.8 Å². The van der Waals surface area contributed by atoms with Crippen LogP contribution in [-0.4, -0.2) is 21.0 Å². The molecule has 2 N–H and O–H groups in total. The van der Waals surface area contributed by atoms with Gasteiger partial charge in [-0.3, -0.25) is 4.79 Å². The smallest absolute Gasteiger partial charge is 0.234 e. The number of carbonyl (C=O) groups is 1. The number of rotatable bonds is 4. The lowest BCUT2D eigenvalue weighted by atomic mass is 9.53. The third-order valence-corrected chi connectivity index (χ3v) is 4.83. The number of hydrogen-bond donors (Lipinski definition) is 2. The van der Waals surface area contributed by atoms with Crippen molar-refractivity contribution in [3.63, 3.8) is 0 Å². The first kappa shape index (κ1) is 16.4. The minimum absolute atomic E-state index is 0.164. The van der Waals surface area contributed by atoms with Gasteiger partial charge in [-0.2, -0.15) is 0 Å². The molecule has 1 aliphatic rings. The monoisotopic (exact) mass is 315 g/mol. The Bertz CT molecular complexity index is 315. The number of nitrogens with one attached hydrogen (secondary N) is 1. The van der Waals surface area contributed by atoms with E-state index in [0.29, 0.717) is 18.3 Å². The van der Waals surface area contributed by atoms with E-state index in [1.807, 2.05) is 0 Å². The lowest BCUT2D eigenvalue weighted by Crippen LogP contribution is -2.49. The van der Waals surface area contributed by atoms with Gasteiger partial charge in [0.15, 0.2) is 6.23 Å². The van der Waals surface area contributed by atoms with Crippen LogP contribution in [0.15, 0.2) is 0 Å². The van der Waals surface area contributed by atoms with E-state index in [1.54, 1.807) is 0 Å². The fourth-order valence-corrected chi connectivity index (χ4v) is 2.84. The molecule has 0 aromatic heterocycles. The van der Waals surface area contributed by atoms with Crippen LogP contribution in [-0.2, 0) is 4.79 Å². The van der Waals surface area contributed by atoms with Crippen molar-refractivity contribution in [2.45, 2.75) is 50.1 Å². The summed E-state index contributed by atoms with van der Waals surface area (Å²) >= 11 is 16.4. The molecule has 6 heteroatoms. The molecule has 3 nitrogen and oxygen atoms in total. The maximum absolute atomic E-state index is 11.7. The fourth-order valence-electron chi connectivity index (χ4n) is 2.68. The molecular weight excluding hydrogens is 296 g/mol. The van der Waals surface area contributed by atoms with Crippen LogP contribution in [0.2, 0.25) is 0 Å². The van der Waals surface area contributed by atoms with E-state index in [-0.39, 0.29) is 11.3 Å². The summed E-state index contributed by atoms with van der Waals surface area (Å²) in [6.45, 7) is 6.51. The van der Waals surface area contributed by atoms with Gasteiger partial charge < -0.3 is 10.4 Å². The van der Waals surface area contributed by atoms with Gasteiger partial charge in [-0.1, -0.05) is 62.0 Å². The Kier molecular flexibility index (Phi) is 5.21. The van der Waals surface area contributed by atoms with Crippen LogP contribution >= 0.6 is 34.8 Å². The van der Waals surface area contributed by atoms with Crippen molar-refractivity contribution in [1.29, 1.82) is 0 Å². The quantitative estimate of drug-likeness (QED) is 0.618. The number of hydrogen-bond acceptors (Lipinski definition) is 2. The number of amides is 1. The van der Waals surface area contributed by atoms with E-state index in [4.69, 9.17) is 34.8 Å². The van der Waals surface area contributed by atoms with Gasteiger partial charge in [0.2, 0.25) is 9.70 Å². The zero-order valence-corrected chi connectivity index (χ0v) is 13.1. The van der Waals surface area contributed by atoms with Crippen LogP contribution in [0.25, 0.3) is 0 Å². The van der Waals surface area contributed by atoms with Crippen molar-refractivity contribution in [3.05, 3.63) is 0 Å². The van der Waals surface area contributed by atoms with E-state index in [1.165, 1.54) is 0 Å². The minimum Gasteiger partial charge on any atom is -0.369 e. The predicted molar refractivity (Wildman–Crippen MR) is 74.7 cm³/mol. The first-order valence-electron chi connectivity index (χ1n) is 6.13. The second-order valence-corrected chi connectivity index (χ2v) is 7.94. The highest BCUT2D eigenvalue weighted by Gasteiger charge is 2.47. The van der Waals surface area contributed by atoms with Crippen LogP contribution in [0.4, 0.5) is 0 Å². The molecular formula is C12H20Cl3NO2. The highest BCUT2D eigenvalue weighted by Crippen LogP contribution is 2.54. The van der Waals surface area contributed by atoms with Gasteiger partial charge >= 0.3 is 0 Å². The lowest BCUT2D eigenvalue weighted by molar-refractivity contribution is -0.130. The molecule has 0 aliphatic heterocycles. The number of aliphatic hydroxyl groups is 1. The number of carbonyl (C=O) groups excluding carboxylic acids is 1. The Labute approximate surface area is 123 Å². The Hall–Kier alpha value is 0.300. The summed E-state index contributed by atoms with van der Waals surface area (Å²) < 4.78 is -1.89. The molecule has 1 saturated carbocycles. The molecule has 1 aliphatic carbocycles. The fraction of sp³-hybridized carbons (Fsp3) is 0.917. The van der Waals surface area contributed by atoms with E-state index in [2.05, 4.69) is 26.1 Å². The summed E-state index contributed by atoms with van der Waals surface area (Å²) in [7, 11) is 0. The van der Waals surface area contributed by atoms with Gasteiger partial charge in [-0.25, -0.2) is 0 Å². The van der Waals surface area contributed by atoms with Crippen molar-refractivity contribution in [2.24, 2.45) is 17.3 Å². The summed E-state index contributed by atoms with van der Waals surface area (Å²) in [5, 5.41) is 11.8. The van der Waals surface area contributed by atoms with Crippen molar-refractivity contribution >= 4 is 40.7 Å². The molecule has 0 radical (unpaired) electrons. The SMILES string of the molecule is CC[C@@H]1C[C@H](CC(=O)N[C@H](O)C(Cl)(Cl)Cl)C1(C)C. The molecule has 0 heterocycles. The first-order valence-corrected chi connectivity index (χ1v) is 7.26. The number of alkyl halides is 3. The number of halogens is 3. The topological polar surface area (TPSA) is 49.3 Å². The highest BCUT2D eigenvalue weighted by molar-refractivity contribution is 6.68. The van der Waals surface area contributed by atoms with Crippen LogP contribution < -0.4 is 5.32 Å². The summed E-state index contributed by atoms with van der Waals surface area (Å²) in [6.07, 6.45) is 1.06. The van der Waals surface area contributed by atoms with E-state index >= 15 is 0 Å². The zero-order valence-electron chi connectivity index (χ0n) is 10.8. The second kappa shape index (κ2) is 5.74. The second-order valence-electron chi connectivity index (χ2n) is 5.57. The van der Waals surface area contributed by atoms with Gasteiger partial charge in [0.05, 0.1) is 0 Å². The van der Waals surface area contributed by atoms with Gasteiger partial charge in [-0.15, -0.1) is 0 Å². The Morgan fingerprint density at radius 1 is 1.44 bits per heavy atom. The van der Waals surface area contributed by atoms with Crippen molar-refractivity contribution in [3.8, 4) is 0 Å². The summed E-state index contributed by atoms with van der Waals surface area (Å²) in [4.78, 5) is 11.7. The largest absolute Gasteiger partial charge is 0.369 e. The molecule has 18 heavy (non-hydrogen) atoms. The third-order valence-electron chi connectivity index (χ3n) is 4.21. The molecule has 0 spiro atoms. The van der Waals surface area contributed by atoms with Gasteiger partial charge in [0, 0.05) is 6.42 Å². The van der Waals surface area contributed by atoms with E-state index in [9.17, 15) is 9.90 Å². The molecule has 0 saturated heterocycles. The Morgan fingerprint density at radius 2 is 2.00 bits per heavy atom. The standard InChI is InChI=1S/C12H20Cl3NO2/c1-4-7-5-8(11(7,2)3)6-9(17)16-10(18)12(13,14)15/h7-8,10,18H,4-6H2,1-3H3,(H,16,17)/t7-,8-,10-/m1/s1. The average Bonchev–Trinajstić information content (AvgIpc) is 2.22. The van der Waals surface area contributed by atoms with Gasteiger partial charge in [-0.05, 0) is 23.7 Å². The van der Waals surface area contributed by atoms with Crippen LogP contribution in [0.3, 0.4) is 0 Å². The van der Waals surface area contributed by atoms with Crippen molar-refractivity contribution in [1.82, 2.24) is 5.32 Å².